The van der Waals surface area contributed by atoms with E-state index in [1.54, 1.807) is 24.1 Å². The third-order valence-electron chi connectivity index (χ3n) is 6.19. The third kappa shape index (κ3) is 3.88. The number of hydroxylamine groups is 1. The van der Waals surface area contributed by atoms with Gasteiger partial charge in [-0.25, -0.2) is 14.8 Å². The number of hydrogen-bond acceptors (Lipinski definition) is 7. The quantitative estimate of drug-likeness (QED) is 0.434. The highest BCUT2D eigenvalue weighted by Gasteiger charge is 2.60. The van der Waals surface area contributed by atoms with E-state index in [1.165, 1.54) is 24.3 Å². The third-order valence-corrected chi connectivity index (χ3v) is 6.80. The van der Waals surface area contributed by atoms with Crippen LogP contribution in [0.1, 0.15) is 28.9 Å². The molecule has 9 nitrogen and oxygen atoms in total. The lowest BCUT2D eigenvalue weighted by Crippen LogP contribution is -2.37. The summed E-state index contributed by atoms with van der Waals surface area (Å²) in [5.74, 6) is -2.87. The summed E-state index contributed by atoms with van der Waals surface area (Å²) in [6, 6.07) is 17.2. The van der Waals surface area contributed by atoms with E-state index in [9.17, 15) is 24.6 Å². The number of fused-ring (bicyclic) bond motifs is 1. The summed E-state index contributed by atoms with van der Waals surface area (Å²) < 4.78 is 5.96. The van der Waals surface area contributed by atoms with Gasteiger partial charge in [0.2, 0.25) is 5.91 Å². The Morgan fingerprint density at radius 1 is 1.03 bits per heavy atom. The Bertz CT molecular complexity index is 1350. The number of aromatic carboxylic acids is 1. The average molecular weight is 553 g/mol. The van der Waals surface area contributed by atoms with Crippen molar-refractivity contribution in [2.24, 2.45) is 5.92 Å². The number of hydrogen-bond donors (Lipinski definition) is 2. The molecule has 3 aromatic rings. The van der Waals surface area contributed by atoms with E-state index in [4.69, 9.17) is 9.57 Å². The highest BCUT2D eigenvalue weighted by Crippen LogP contribution is 2.49. The van der Waals surface area contributed by atoms with Crippen LogP contribution in [-0.4, -0.2) is 40.7 Å². The van der Waals surface area contributed by atoms with Gasteiger partial charge >= 0.3 is 5.97 Å². The van der Waals surface area contributed by atoms with Crippen molar-refractivity contribution in [3.05, 3.63) is 82.3 Å². The second kappa shape index (κ2) is 9.29. The second-order valence-electron chi connectivity index (χ2n) is 8.30. The molecule has 2 aliphatic heterocycles. The molecule has 2 aliphatic rings. The molecule has 0 bridgehead atoms. The van der Waals surface area contributed by atoms with Crippen molar-refractivity contribution in [3.63, 3.8) is 0 Å². The summed E-state index contributed by atoms with van der Waals surface area (Å²) in [5, 5.41) is 21.1. The molecule has 184 valence electrons. The van der Waals surface area contributed by atoms with Crippen molar-refractivity contribution in [2.75, 3.05) is 16.6 Å². The summed E-state index contributed by atoms with van der Waals surface area (Å²) in [6.45, 7) is 2.11. The van der Waals surface area contributed by atoms with Crippen LogP contribution >= 0.6 is 15.9 Å². The highest BCUT2D eigenvalue weighted by atomic mass is 79.9. The largest absolute Gasteiger partial charge is 0.503 e. The minimum absolute atomic E-state index is 0.0415. The SMILES string of the molecule is CCOc1cc([C@@H]2[C@@H]3C(=O)N(c4ccc(C(=O)O)cc4)C(=O)[C@H]3ON2c2ccccc2)cc(Br)c1O. The molecule has 2 saturated heterocycles. The molecular formula is C26H21BrN2O7. The first kappa shape index (κ1) is 23.8. The van der Waals surface area contributed by atoms with Gasteiger partial charge in [0.25, 0.3) is 5.91 Å². The van der Waals surface area contributed by atoms with Crippen molar-refractivity contribution in [1.29, 1.82) is 0 Å². The Hall–Kier alpha value is -3.89. The number of benzene rings is 3. The number of phenolic OH excluding ortho intramolecular Hbond substituents is 1. The van der Waals surface area contributed by atoms with E-state index in [2.05, 4.69) is 15.9 Å². The Kier molecular flexibility index (Phi) is 6.15. The van der Waals surface area contributed by atoms with Gasteiger partial charge in [-0.3, -0.25) is 14.4 Å². The smallest absolute Gasteiger partial charge is 0.335 e. The van der Waals surface area contributed by atoms with Gasteiger partial charge in [0.1, 0.15) is 5.92 Å². The Morgan fingerprint density at radius 2 is 1.72 bits per heavy atom. The second-order valence-corrected chi connectivity index (χ2v) is 9.16. The van der Waals surface area contributed by atoms with Gasteiger partial charge in [-0.05, 0) is 76.9 Å². The molecule has 10 heteroatoms. The summed E-state index contributed by atoms with van der Waals surface area (Å²) in [4.78, 5) is 45.5. The van der Waals surface area contributed by atoms with Crippen LogP contribution in [0, 0.1) is 5.92 Å². The number of para-hydroxylation sites is 1. The van der Waals surface area contributed by atoms with E-state index < -0.39 is 35.8 Å². The lowest BCUT2D eigenvalue weighted by molar-refractivity contribution is -0.126. The number of carboxylic acids is 1. The maximum Gasteiger partial charge on any atom is 0.335 e. The predicted octanol–water partition coefficient (Wildman–Crippen LogP) is 4.30. The van der Waals surface area contributed by atoms with Crippen molar-refractivity contribution >= 4 is 45.1 Å². The zero-order valence-corrected chi connectivity index (χ0v) is 20.6. The molecule has 0 radical (unpaired) electrons. The molecule has 3 atom stereocenters. The van der Waals surface area contributed by atoms with Crippen LogP contribution in [0.2, 0.25) is 0 Å². The standard InChI is InChI=1S/C26H21BrN2O7/c1-2-35-19-13-15(12-18(27)22(19)30)21-20-23(36-29(21)17-6-4-3-5-7-17)25(32)28(24(20)31)16-10-8-14(9-11-16)26(33)34/h3-13,20-21,23,30H,2H2,1H3,(H,33,34)/t20-,21+,23-/m0/s1. The van der Waals surface area contributed by atoms with Gasteiger partial charge in [0.05, 0.1) is 34.1 Å². The number of aromatic hydroxyl groups is 1. The molecule has 5 rings (SSSR count). The number of anilines is 2. The molecule has 3 aromatic carbocycles. The fraction of sp³-hybridized carbons (Fsp3) is 0.192. The molecule has 36 heavy (non-hydrogen) atoms. The maximum atomic E-state index is 13.7. The minimum atomic E-state index is -1.11. The molecule has 0 spiro atoms. The lowest BCUT2D eigenvalue weighted by Gasteiger charge is -2.29. The number of carbonyl (C=O) groups is 3. The van der Waals surface area contributed by atoms with E-state index >= 15 is 0 Å². The lowest BCUT2D eigenvalue weighted by atomic mass is 9.90. The topological polar surface area (TPSA) is 117 Å². The maximum absolute atomic E-state index is 13.7. The first-order valence-corrected chi connectivity index (χ1v) is 12.0. The molecular weight excluding hydrogens is 532 g/mol. The number of rotatable bonds is 6. The van der Waals surface area contributed by atoms with Gasteiger partial charge in [-0.2, -0.15) is 0 Å². The molecule has 0 aliphatic carbocycles. The molecule has 2 N–H and O–H groups in total. The first-order valence-electron chi connectivity index (χ1n) is 11.2. The Labute approximate surface area is 214 Å². The zero-order chi connectivity index (χ0) is 25.6. The van der Waals surface area contributed by atoms with Crippen LogP contribution < -0.4 is 14.7 Å². The van der Waals surface area contributed by atoms with E-state index in [0.29, 0.717) is 22.3 Å². The van der Waals surface area contributed by atoms with Crippen molar-refractivity contribution in [1.82, 2.24) is 0 Å². The van der Waals surface area contributed by atoms with E-state index in [0.717, 1.165) is 4.90 Å². The predicted molar refractivity (Wildman–Crippen MR) is 133 cm³/mol. The minimum Gasteiger partial charge on any atom is -0.503 e. The van der Waals surface area contributed by atoms with Crippen LogP contribution in [0.5, 0.6) is 11.5 Å². The Balaban J connectivity index is 1.59. The van der Waals surface area contributed by atoms with Gasteiger partial charge in [0.15, 0.2) is 17.6 Å². The monoisotopic (exact) mass is 552 g/mol. The van der Waals surface area contributed by atoms with Gasteiger partial charge < -0.3 is 14.9 Å². The number of carboxylic acid groups (broad SMARTS) is 1. The van der Waals surface area contributed by atoms with Gasteiger partial charge in [-0.1, -0.05) is 18.2 Å². The molecule has 2 fully saturated rings. The van der Waals surface area contributed by atoms with E-state index in [1.807, 2.05) is 30.3 Å². The summed E-state index contributed by atoms with van der Waals surface area (Å²) >= 11 is 3.36. The van der Waals surface area contributed by atoms with Crippen LogP contribution in [0.3, 0.4) is 0 Å². The fourth-order valence-electron chi connectivity index (χ4n) is 4.59. The molecule has 0 saturated carbocycles. The fourth-order valence-corrected chi connectivity index (χ4v) is 5.05. The molecule has 2 heterocycles. The number of amides is 2. The summed E-state index contributed by atoms with van der Waals surface area (Å²) in [6.07, 6.45) is -1.09. The van der Waals surface area contributed by atoms with Crippen LogP contribution in [-0.2, 0) is 14.4 Å². The number of phenols is 1. The number of ether oxygens (including phenoxy) is 1. The van der Waals surface area contributed by atoms with Crippen molar-refractivity contribution in [3.8, 4) is 11.5 Å². The van der Waals surface area contributed by atoms with Crippen molar-refractivity contribution < 1.29 is 34.2 Å². The van der Waals surface area contributed by atoms with Crippen molar-refractivity contribution in [2.45, 2.75) is 19.1 Å². The summed E-state index contributed by atoms with van der Waals surface area (Å²) in [5.41, 5.74) is 1.56. The van der Waals surface area contributed by atoms with E-state index in [-0.39, 0.29) is 22.7 Å². The number of imide groups is 1. The van der Waals surface area contributed by atoms with Gasteiger partial charge in [0, 0.05) is 0 Å². The zero-order valence-electron chi connectivity index (χ0n) is 19.0. The normalized spacial score (nSPS) is 21.1. The number of carbonyl (C=O) groups excluding carboxylic acids is 2. The first-order chi connectivity index (χ1) is 17.3. The average Bonchev–Trinajstić information content (AvgIpc) is 3.38. The summed E-state index contributed by atoms with van der Waals surface area (Å²) in [7, 11) is 0. The van der Waals surface area contributed by atoms with Crippen LogP contribution in [0.25, 0.3) is 0 Å². The molecule has 2 amide bonds. The number of nitrogens with zero attached hydrogens (tertiary/aromatic N) is 2. The highest BCUT2D eigenvalue weighted by molar-refractivity contribution is 9.10. The number of halogens is 1. The van der Waals surface area contributed by atoms with Crippen LogP contribution in [0.15, 0.2) is 71.2 Å². The molecule has 0 aromatic heterocycles. The Morgan fingerprint density at radius 3 is 2.36 bits per heavy atom. The molecule has 0 unspecified atom stereocenters. The van der Waals surface area contributed by atoms with Crippen LogP contribution in [0.4, 0.5) is 11.4 Å². The van der Waals surface area contributed by atoms with Gasteiger partial charge in [-0.15, -0.1) is 0 Å².